The molecule has 0 unspecified atom stereocenters. The largest absolute Gasteiger partial charge is 0.399 e. The number of nitrogens with one attached hydrogen (secondary N) is 1. The number of hydrogen-bond acceptors (Lipinski definition) is 7. The lowest BCUT2D eigenvalue weighted by molar-refractivity contribution is 0.820. The summed E-state index contributed by atoms with van der Waals surface area (Å²) in [6.07, 6.45) is 0. The quantitative estimate of drug-likeness (QED) is 0.546. The average Bonchev–Trinajstić information content (AvgIpc) is 3.02. The summed E-state index contributed by atoms with van der Waals surface area (Å²) >= 11 is 2.94. The Kier molecular flexibility index (Phi) is 2.69. The molecule has 21 heavy (non-hydrogen) atoms. The van der Waals surface area contributed by atoms with E-state index >= 15 is 0 Å². The van der Waals surface area contributed by atoms with E-state index in [1.54, 1.807) is 12.1 Å². The van der Waals surface area contributed by atoms with E-state index in [-0.39, 0.29) is 5.69 Å². The molecule has 0 spiro atoms. The molecule has 3 aromatic heterocycles. The molecule has 0 saturated heterocycles. The zero-order valence-electron chi connectivity index (χ0n) is 10.5. The van der Waals surface area contributed by atoms with Crippen LogP contribution in [0.1, 0.15) is 0 Å². The number of hydrogen-bond donors (Lipinski definition) is 2. The van der Waals surface area contributed by atoms with Crippen molar-refractivity contribution in [1.82, 2.24) is 24.8 Å². The molecule has 4 aromatic rings. The van der Waals surface area contributed by atoms with Gasteiger partial charge >= 0.3 is 5.69 Å². The summed E-state index contributed by atoms with van der Waals surface area (Å²) < 4.78 is 3.10. The number of aromatic nitrogens is 5. The van der Waals surface area contributed by atoms with E-state index in [0.717, 1.165) is 14.6 Å². The Labute approximate surface area is 125 Å². The number of anilines is 1. The molecule has 4 rings (SSSR count). The number of nitrogens with two attached hydrogens (primary N) is 1. The minimum absolute atomic E-state index is 0.357. The van der Waals surface area contributed by atoms with Crippen molar-refractivity contribution in [3.05, 3.63) is 40.8 Å². The standard InChI is InChI=1S/C12H8N6OS2/c13-6-1-2-7-8(5-6)20-12(14-7)21-10-4-3-9-15-16-11(19)18(9)17-10/h1-5H,13H2,(H,16,19). The average molecular weight is 316 g/mol. The second kappa shape index (κ2) is 4.57. The molecule has 0 aliphatic heterocycles. The van der Waals surface area contributed by atoms with Crippen molar-refractivity contribution in [2.45, 2.75) is 9.37 Å². The Morgan fingerprint density at radius 3 is 3.10 bits per heavy atom. The lowest BCUT2D eigenvalue weighted by Gasteiger charge is -1.96. The number of H-pyrrole nitrogens is 1. The number of aromatic amines is 1. The molecule has 1 aromatic carbocycles. The summed E-state index contributed by atoms with van der Waals surface area (Å²) in [7, 11) is 0. The van der Waals surface area contributed by atoms with Crippen molar-refractivity contribution in [2.75, 3.05) is 5.73 Å². The van der Waals surface area contributed by atoms with Crippen LogP contribution >= 0.6 is 23.1 Å². The number of nitrogen functional groups attached to an aromatic ring is 1. The van der Waals surface area contributed by atoms with Crippen LogP contribution in [0.15, 0.2) is 44.5 Å². The summed E-state index contributed by atoms with van der Waals surface area (Å²) in [5, 5.41) is 11.1. The van der Waals surface area contributed by atoms with Gasteiger partial charge in [0.2, 0.25) is 0 Å². The van der Waals surface area contributed by atoms with E-state index < -0.39 is 0 Å². The Bertz CT molecular complexity index is 1020. The van der Waals surface area contributed by atoms with Gasteiger partial charge < -0.3 is 5.73 Å². The van der Waals surface area contributed by atoms with E-state index in [0.29, 0.717) is 16.4 Å². The number of fused-ring (bicyclic) bond motifs is 2. The third kappa shape index (κ3) is 2.16. The van der Waals surface area contributed by atoms with Gasteiger partial charge in [-0.1, -0.05) is 0 Å². The Balaban J connectivity index is 1.74. The zero-order valence-corrected chi connectivity index (χ0v) is 12.1. The van der Waals surface area contributed by atoms with Crippen molar-refractivity contribution in [3.63, 3.8) is 0 Å². The van der Waals surface area contributed by atoms with E-state index in [1.165, 1.54) is 27.6 Å². The van der Waals surface area contributed by atoms with Crippen LogP contribution in [0.2, 0.25) is 0 Å². The zero-order chi connectivity index (χ0) is 14.4. The van der Waals surface area contributed by atoms with E-state index in [4.69, 9.17) is 5.73 Å². The van der Waals surface area contributed by atoms with Crippen molar-refractivity contribution in [1.29, 1.82) is 0 Å². The van der Waals surface area contributed by atoms with Gasteiger partial charge in [0, 0.05) is 5.69 Å². The molecule has 3 N–H and O–H groups in total. The van der Waals surface area contributed by atoms with Gasteiger partial charge in [0.25, 0.3) is 0 Å². The molecule has 0 aliphatic rings. The summed E-state index contributed by atoms with van der Waals surface area (Å²) in [6.45, 7) is 0. The molecular formula is C12H8N6OS2. The van der Waals surface area contributed by atoms with Crippen LogP contribution in [0.4, 0.5) is 5.69 Å². The van der Waals surface area contributed by atoms with Crippen LogP contribution in [0, 0.1) is 0 Å². The second-order valence-electron chi connectivity index (χ2n) is 4.28. The van der Waals surface area contributed by atoms with Crippen LogP contribution in [0.3, 0.4) is 0 Å². The van der Waals surface area contributed by atoms with Gasteiger partial charge in [0.05, 0.1) is 10.2 Å². The maximum atomic E-state index is 11.5. The first-order chi connectivity index (χ1) is 10.2. The molecule has 3 heterocycles. The molecule has 104 valence electrons. The molecule has 0 radical (unpaired) electrons. The first-order valence-electron chi connectivity index (χ1n) is 5.97. The second-order valence-corrected chi connectivity index (χ2v) is 6.58. The van der Waals surface area contributed by atoms with Crippen LogP contribution in [-0.2, 0) is 0 Å². The normalized spacial score (nSPS) is 11.4. The van der Waals surface area contributed by atoms with Gasteiger partial charge in [-0.2, -0.15) is 14.7 Å². The highest BCUT2D eigenvalue weighted by Crippen LogP contribution is 2.33. The van der Waals surface area contributed by atoms with Crippen LogP contribution < -0.4 is 11.4 Å². The van der Waals surface area contributed by atoms with Crippen LogP contribution in [0.25, 0.3) is 15.9 Å². The Hall–Kier alpha value is -2.39. The first-order valence-corrected chi connectivity index (χ1v) is 7.61. The van der Waals surface area contributed by atoms with E-state index in [9.17, 15) is 4.79 Å². The number of benzene rings is 1. The lowest BCUT2D eigenvalue weighted by Crippen LogP contribution is -2.12. The van der Waals surface area contributed by atoms with Gasteiger partial charge in [-0.25, -0.2) is 14.9 Å². The molecule has 0 fully saturated rings. The molecule has 9 heteroatoms. The van der Waals surface area contributed by atoms with Gasteiger partial charge in [0.15, 0.2) is 9.99 Å². The first kappa shape index (κ1) is 12.4. The molecule has 0 atom stereocenters. The summed E-state index contributed by atoms with van der Waals surface area (Å²) in [5.41, 5.74) is 7.51. The number of nitrogens with zero attached hydrogens (tertiary/aromatic N) is 4. The summed E-state index contributed by atoms with van der Waals surface area (Å²) in [5.74, 6) is 0. The smallest absolute Gasteiger partial charge is 0.364 e. The molecular weight excluding hydrogens is 308 g/mol. The van der Waals surface area contributed by atoms with Crippen LogP contribution in [-0.4, -0.2) is 24.8 Å². The van der Waals surface area contributed by atoms with Crippen LogP contribution in [0.5, 0.6) is 0 Å². The van der Waals surface area contributed by atoms with Crippen molar-refractivity contribution in [2.24, 2.45) is 0 Å². The van der Waals surface area contributed by atoms with Crippen molar-refractivity contribution < 1.29 is 0 Å². The summed E-state index contributed by atoms with van der Waals surface area (Å²) in [4.78, 5) is 16.0. The molecule has 0 bridgehead atoms. The number of thiazole rings is 1. The lowest BCUT2D eigenvalue weighted by atomic mass is 10.3. The third-order valence-corrected chi connectivity index (χ3v) is 4.84. The van der Waals surface area contributed by atoms with Gasteiger partial charge in [-0.15, -0.1) is 11.3 Å². The minimum atomic E-state index is -0.357. The third-order valence-electron chi connectivity index (χ3n) is 2.83. The fraction of sp³-hybridized carbons (Fsp3) is 0. The number of rotatable bonds is 2. The highest BCUT2D eigenvalue weighted by molar-refractivity contribution is 8.01. The Morgan fingerprint density at radius 1 is 1.29 bits per heavy atom. The van der Waals surface area contributed by atoms with Gasteiger partial charge in [0.1, 0.15) is 5.03 Å². The maximum Gasteiger partial charge on any atom is 0.364 e. The fourth-order valence-electron chi connectivity index (χ4n) is 1.89. The predicted molar refractivity (Wildman–Crippen MR) is 81.8 cm³/mol. The SMILES string of the molecule is Nc1ccc2nc(Sc3ccc4n[nH]c(=O)n4n3)sc2c1. The molecule has 0 saturated carbocycles. The predicted octanol–water partition coefficient (Wildman–Crippen LogP) is 1.76. The van der Waals surface area contributed by atoms with Crippen molar-refractivity contribution in [3.8, 4) is 0 Å². The minimum Gasteiger partial charge on any atom is -0.399 e. The maximum absolute atomic E-state index is 11.5. The van der Waals surface area contributed by atoms with Gasteiger partial charge in [-0.3, -0.25) is 0 Å². The fourth-order valence-corrected chi connectivity index (χ4v) is 3.91. The summed E-state index contributed by atoms with van der Waals surface area (Å²) in [6, 6.07) is 9.15. The van der Waals surface area contributed by atoms with E-state index in [2.05, 4.69) is 20.3 Å². The van der Waals surface area contributed by atoms with E-state index in [1.807, 2.05) is 18.2 Å². The Morgan fingerprint density at radius 2 is 2.19 bits per heavy atom. The highest BCUT2D eigenvalue weighted by atomic mass is 32.2. The molecule has 0 aliphatic carbocycles. The molecule has 0 amide bonds. The molecule has 7 nitrogen and oxygen atoms in total. The van der Waals surface area contributed by atoms with Gasteiger partial charge in [-0.05, 0) is 42.1 Å². The monoisotopic (exact) mass is 316 g/mol. The topological polar surface area (TPSA) is 102 Å². The highest BCUT2D eigenvalue weighted by Gasteiger charge is 2.09. The van der Waals surface area contributed by atoms with Crippen molar-refractivity contribution >= 4 is 44.6 Å².